The Morgan fingerprint density at radius 1 is 0.356 bits per heavy atom. The lowest BCUT2D eigenvalue weighted by Gasteiger charge is -2.47. The van der Waals surface area contributed by atoms with E-state index in [9.17, 15) is 0 Å². The second-order valence-corrected chi connectivity index (χ2v) is 11.4. The van der Waals surface area contributed by atoms with Gasteiger partial charge in [-0.15, -0.1) is 0 Å². The van der Waals surface area contributed by atoms with Gasteiger partial charge >= 0.3 is 0 Å². The highest BCUT2D eigenvalue weighted by Gasteiger charge is 2.46. The summed E-state index contributed by atoms with van der Waals surface area (Å²) >= 11 is 0. The molecule has 0 amide bonds. The van der Waals surface area contributed by atoms with Gasteiger partial charge in [-0.25, -0.2) is 0 Å². The third-order valence-corrected chi connectivity index (χ3v) is 8.89. The minimum atomic E-state index is -0.525. The van der Waals surface area contributed by atoms with Crippen LogP contribution >= 0.6 is 0 Å². The van der Waals surface area contributed by atoms with E-state index in [0.29, 0.717) is 0 Å². The molecule has 0 spiro atoms. The molecule has 0 aromatic heterocycles. The van der Waals surface area contributed by atoms with Crippen molar-refractivity contribution in [1.82, 2.24) is 0 Å². The van der Waals surface area contributed by atoms with E-state index < -0.39 is 5.41 Å². The maximum absolute atomic E-state index is 2.44. The van der Waals surface area contributed by atoms with Gasteiger partial charge < -0.3 is 9.80 Å². The van der Waals surface area contributed by atoms with E-state index in [0.717, 1.165) is 28.4 Å². The van der Waals surface area contributed by atoms with Gasteiger partial charge in [0.25, 0.3) is 0 Å². The molecule has 0 saturated carbocycles. The molecule has 0 atom stereocenters. The molecule has 1 aliphatic heterocycles. The average Bonchev–Trinajstić information content (AvgIpc) is 3.13. The predicted molar refractivity (Wildman–Crippen MR) is 188 cm³/mol. The zero-order chi connectivity index (χ0) is 30.1. The van der Waals surface area contributed by atoms with Crippen molar-refractivity contribution in [3.63, 3.8) is 0 Å². The quantitative estimate of drug-likeness (QED) is 0.194. The van der Waals surface area contributed by atoms with Gasteiger partial charge in [-0.2, -0.15) is 0 Å². The highest BCUT2D eigenvalue weighted by Crippen LogP contribution is 2.58. The van der Waals surface area contributed by atoms with Gasteiger partial charge in [0.05, 0.1) is 16.8 Å². The minimum absolute atomic E-state index is 0.525. The molecule has 0 N–H and O–H groups in total. The Labute approximate surface area is 265 Å². The van der Waals surface area contributed by atoms with Gasteiger partial charge in [-0.1, -0.05) is 140 Å². The summed E-state index contributed by atoms with van der Waals surface area (Å²) in [5.41, 5.74) is 11.2. The highest BCUT2D eigenvalue weighted by atomic mass is 15.2. The van der Waals surface area contributed by atoms with E-state index in [1.54, 1.807) is 0 Å². The number of fused-ring (bicyclic) bond motifs is 2. The Hall–Kier alpha value is -5.86. The molecule has 0 aliphatic carbocycles. The summed E-state index contributed by atoms with van der Waals surface area (Å²) in [5.74, 6) is 0. The van der Waals surface area contributed by atoms with Crippen LogP contribution in [0.15, 0.2) is 194 Å². The summed E-state index contributed by atoms with van der Waals surface area (Å²) in [5, 5.41) is 0. The first-order valence-electron chi connectivity index (χ1n) is 15.5. The number of para-hydroxylation sites is 4. The molecular weight excluding hydrogens is 544 g/mol. The normalized spacial score (nSPS) is 13.0. The van der Waals surface area contributed by atoms with Crippen LogP contribution in [0.25, 0.3) is 0 Å². The van der Waals surface area contributed by atoms with Crippen molar-refractivity contribution >= 4 is 34.1 Å². The Balaban J connectivity index is 1.48. The van der Waals surface area contributed by atoms with Crippen molar-refractivity contribution in [2.75, 3.05) is 9.80 Å². The molecule has 0 fully saturated rings. The van der Waals surface area contributed by atoms with Gasteiger partial charge in [-0.05, 0) is 76.9 Å². The van der Waals surface area contributed by atoms with E-state index >= 15 is 0 Å². The SMILES string of the molecule is c1ccc(N(c2ccccc2)c2ccc3c(c2)N(c2ccccc2)c2ccccc2C3(c2ccccc2)c2ccccc2)cc1. The number of benzene rings is 7. The standard InChI is InChI=1S/C43H32N2/c1-6-18-33(19-7-1)43(34-20-8-2-9-21-34)39-28-16-17-29-41(39)45(37-26-14-5-15-27-37)42-32-38(30-31-40(42)43)44(35-22-10-3-11-23-35)36-24-12-4-13-25-36/h1-32H. The lowest BCUT2D eigenvalue weighted by atomic mass is 9.62. The molecule has 0 saturated heterocycles. The van der Waals surface area contributed by atoms with E-state index in [4.69, 9.17) is 0 Å². The zero-order valence-corrected chi connectivity index (χ0v) is 24.9. The van der Waals surface area contributed by atoms with Gasteiger partial charge in [0.2, 0.25) is 0 Å². The molecule has 2 nitrogen and oxygen atoms in total. The lowest BCUT2D eigenvalue weighted by molar-refractivity contribution is 0.731. The second kappa shape index (κ2) is 11.3. The fraction of sp³-hybridized carbons (Fsp3) is 0.0233. The first kappa shape index (κ1) is 26.7. The second-order valence-electron chi connectivity index (χ2n) is 11.4. The van der Waals surface area contributed by atoms with Crippen LogP contribution < -0.4 is 9.80 Å². The monoisotopic (exact) mass is 576 g/mol. The molecule has 1 aliphatic rings. The first-order valence-corrected chi connectivity index (χ1v) is 15.5. The smallest absolute Gasteiger partial charge is 0.0742 e. The minimum Gasteiger partial charge on any atom is -0.310 e. The molecule has 0 bridgehead atoms. The third-order valence-electron chi connectivity index (χ3n) is 8.89. The number of hydrogen-bond donors (Lipinski definition) is 0. The summed E-state index contributed by atoms with van der Waals surface area (Å²) in [6.07, 6.45) is 0. The molecule has 0 radical (unpaired) electrons. The van der Waals surface area contributed by atoms with E-state index in [-0.39, 0.29) is 0 Å². The van der Waals surface area contributed by atoms with Gasteiger partial charge in [0, 0.05) is 22.7 Å². The summed E-state index contributed by atoms with van der Waals surface area (Å²) < 4.78 is 0. The van der Waals surface area contributed by atoms with Crippen LogP contribution in [-0.4, -0.2) is 0 Å². The first-order chi connectivity index (χ1) is 22.4. The summed E-state index contributed by atoms with van der Waals surface area (Å²) in [6.45, 7) is 0. The number of nitrogens with zero attached hydrogens (tertiary/aromatic N) is 2. The third kappa shape index (κ3) is 4.42. The van der Waals surface area contributed by atoms with Crippen LogP contribution in [0, 0.1) is 0 Å². The fourth-order valence-corrected chi connectivity index (χ4v) is 7.04. The Kier molecular flexibility index (Phi) is 6.73. The largest absolute Gasteiger partial charge is 0.310 e. The molecular formula is C43H32N2. The summed E-state index contributed by atoms with van der Waals surface area (Å²) in [6, 6.07) is 69.9. The van der Waals surface area contributed by atoms with Crippen LogP contribution in [0.4, 0.5) is 34.1 Å². The van der Waals surface area contributed by atoms with Crippen molar-refractivity contribution in [1.29, 1.82) is 0 Å². The van der Waals surface area contributed by atoms with Crippen LogP contribution in [0.5, 0.6) is 0 Å². The van der Waals surface area contributed by atoms with E-state index in [2.05, 4.69) is 204 Å². The van der Waals surface area contributed by atoms with Crippen molar-refractivity contribution in [3.8, 4) is 0 Å². The van der Waals surface area contributed by atoms with Gasteiger partial charge in [0.15, 0.2) is 0 Å². The molecule has 1 heterocycles. The Morgan fingerprint density at radius 3 is 1.36 bits per heavy atom. The highest BCUT2D eigenvalue weighted by molar-refractivity contribution is 5.92. The summed E-state index contributed by atoms with van der Waals surface area (Å²) in [7, 11) is 0. The van der Waals surface area contributed by atoms with Crippen LogP contribution in [-0.2, 0) is 5.41 Å². The van der Waals surface area contributed by atoms with E-state index in [1.807, 2.05) is 0 Å². The topological polar surface area (TPSA) is 6.48 Å². The van der Waals surface area contributed by atoms with Crippen LogP contribution in [0.1, 0.15) is 22.3 Å². The molecule has 214 valence electrons. The van der Waals surface area contributed by atoms with Crippen molar-refractivity contribution in [3.05, 3.63) is 216 Å². The molecule has 7 aromatic rings. The Morgan fingerprint density at radius 2 is 0.800 bits per heavy atom. The predicted octanol–water partition coefficient (Wildman–Crippen LogP) is 11.3. The molecule has 2 heteroatoms. The summed E-state index contributed by atoms with van der Waals surface area (Å²) in [4.78, 5) is 4.78. The van der Waals surface area contributed by atoms with Crippen molar-refractivity contribution in [2.24, 2.45) is 0 Å². The number of rotatable bonds is 6. The van der Waals surface area contributed by atoms with Crippen LogP contribution in [0.2, 0.25) is 0 Å². The number of hydrogen-bond acceptors (Lipinski definition) is 2. The molecule has 7 aromatic carbocycles. The number of anilines is 6. The van der Waals surface area contributed by atoms with Gasteiger partial charge in [0.1, 0.15) is 0 Å². The lowest BCUT2D eigenvalue weighted by Crippen LogP contribution is -2.37. The van der Waals surface area contributed by atoms with E-state index in [1.165, 1.54) is 27.9 Å². The van der Waals surface area contributed by atoms with Crippen molar-refractivity contribution in [2.45, 2.75) is 5.41 Å². The maximum Gasteiger partial charge on any atom is 0.0742 e. The van der Waals surface area contributed by atoms with Crippen LogP contribution in [0.3, 0.4) is 0 Å². The molecule has 0 unspecified atom stereocenters. The average molecular weight is 577 g/mol. The fourth-order valence-electron chi connectivity index (χ4n) is 7.04. The maximum atomic E-state index is 2.44. The molecule has 45 heavy (non-hydrogen) atoms. The Bertz CT molecular complexity index is 1960. The molecule has 8 rings (SSSR count). The van der Waals surface area contributed by atoms with Gasteiger partial charge in [-0.3, -0.25) is 0 Å². The van der Waals surface area contributed by atoms with Crippen molar-refractivity contribution < 1.29 is 0 Å². The zero-order valence-electron chi connectivity index (χ0n) is 24.9.